The summed E-state index contributed by atoms with van der Waals surface area (Å²) in [6.07, 6.45) is 46.8. The Morgan fingerprint density at radius 2 is 0.774 bits per heavy atom. The Morgan fingerprint density at radius 3 is 1.13 bits per heavy atom. The minimum absolute atomic E-state index is 0.368. The Bertz CT molecular complexity index is 761. The molecule has 0 saturated heterocycles. The third kappa shape index (κ3) is 36.4. The summed E-state index contributed by atoms with van der Waals surface area (Å²) in [6.45, 7) is 4.06. The lowest BCUT2D eigenvalue weighted by molar-refractivity contribution is -0.132. The summed E-state index contributed by atoms with van der Waals surface area (Å²) >= 11 is 0. The Morgan fingerprint density at radius 1 is 0.453 bits per heavy atom. The summed E-state index contributed by atoms with van der Waals surface area (Å²) in [5.41, 5.74) is 0. The van der Waals surface area contributed by atoms with Gasteiger partial charge in [-0.3, -0.25) is 4.79 Å². The number of amides is 1. The van der Waals surface area contributed by atoms with Crippen molar-refractivity contribution in [3.05, 3.63) is 12.2 Å². The molecule has 0 aromatic carbocycles. The summed E-state index contributed by atoms with van der Waals surface area (Å²) in [5.74, 6) is -0.589. The molecule has 316 valence electrons. The molecular formula is C47H93NO5. The summed E-state index contributed by atoms with van der Waals surface area (Å²) < 4.78 is 0. The molecule has 0 radical (unpaired) electrons. The fraction of sp³-hybridized carbons (Fsp3) is 0.936. The number of aliphatic hydroxyl groups excluding tert-OH is 4. The van der Waals surface area contributed by atoms with Crippen LogP contribution in [0, 0.1) is 0 Å². The number of rotatable bonds is 43. The van der Waals surface area contributed by atoms with Crippen molar-refractivity contribution >= 4 is 5.91 Å². The van der Waals surface area contributed by atoms with Gasteiger partial charge in [0.25, 0.3) is 0 Å². The minimum Gasteiger partial charge on any atom is -0.394 e. The van der Waals surface area contributed by atoms with Gasteiger partial charge in [-0.2, -0.15) is 0 Å². The lowest BCUT2D eigenvalue weighted by Gasteiger charge is -2.27. The van der Waals surface area contributed by atoms with E-state index in [0.717, 1.165) is 38.5 Å². The van der Waals surface area contributed by atoms with Gasteiger partial charge >= 0.3 is 0 Å². The van der Waals surface area contributed by atoms with E-state index in [-0.39, 0.29) is 0 Å². The van der Waals surface area contributed by atoms with E-state index in [1.807, 2.05) is 0 Å². The molecule has 4 unspecified atom stereocenters. The van der Waals surface area contributed by atoms with Gasteiger partial charge in [0.15, 0.2) is 0 Å². The van der Waals surface area contributed by atoms with Gasteiger partial charge in [0.1, 0.15) is 12.2 Å². The van der Waals surface area contributed by atoms with E-state index in [9.17, 15) is 25.2 Å². The van der Waals surface area contributed by atoms with Crippen LogP contribution in [0.5, 0.6) is 0 Å². The molecule has 0 aliphatic heterocycles. The number of aliphatic hydroxyl groups is 4. The Labute approximate surface area is 330 Å². The maximum Gasteiger partial charge on any atom is 0.249 e. The molecule has 0 heterocycles. The maximum atomic E-state index is 12.5. The second-order valence-electron chi connectivity index (χ2n) is 16.5. The van der Waals surface area contributed by atoms with Crippen LogP contribution in [0.25, 0.3) is 0 Å². The van der Waals surface area contributed by atoms with Crippen molar-refractivity contribution in [2.75, 3.05) is 6.61 Å². The average molecular weight is 752 g/mol. The molecule has 4 atom stereocenters. The van der Waals surface area contributed by atoms with E-state index in [2.05, 4.69) is 31.3 Å². The molecule has 0 aromatic heterocycles. The van der Waals surface area contributed by atoms with Crippen molar-refractivity contribution in [2.24, 2.45) is 0 Å². The van der Waals surface area contributed by atoms with Crippen molar-refractivity contribution in [2.45, 2.75) is 276 Å². The van der Waals surface area contributed by atoms with Gasteiger partial charge in [-0.05, 0) is 38.5 Å². The fourth-order valence-corrected chi connectivity index (χ4v) is 7.46. The molecule has 0 fully saturated rings. The standard InChI is InChI=1S/C47H93NO5/c1-3-5-7-9-11-13-15-17-19-21-22-23-25-26-28-30-32-34-36-38-40-44(50)46(52)43(42-49)48-47(53)45(51)41-39-37-35-33-31-29-27-24-20-18-16-14-12-10-8-6-4-2/h32,34,43-46,49-52H,3-31,33,35-42H2,1-2H3,(H,48,53)/b34-32+. The predicted molar refractivity (Wildman–Crippen MR) is 228 cm³/mol. The molecule has 1 amide bonds. The van der Waals surface area contributed by atoms with Crippen LogP contribution in [-0.4, -0.2) is 57.3 Å². The third-order valence-corrected chi connectivity index (χ3v) is 11.2. The van der Waals surface area contributed by atoms with Crippen LogP contribution in [0.15, 0.2) is 12.2 Å². The van der Waals surface area contributed by atoms with E-state index in [0.29, 0.717) is 12.8 Å². The lowest BCUT2D eigenvalue weighted by Crippen LogP contribution is -2.53. The first-order valence-corrected chi connectivity index (χ1v) is 23.6. The number of unbranched alkanes of at least 4 members (excludes halogenated alkanes) is 32. The average Bonchev–Trinajstić information content (AvgIpc) is 3.16. The van der Waals surface area contributed by atoms with Crippen molar-refractivity contribution in [3.63, 3.8) is 0 Å². The summed E-state index contributed by atoms with van der Waals surface area (Å²) in [7, 11) is 0. The van der Waals surface area contributed by atoms with E-state index < -0.39 is 36.9 Å². The van der Waals surface area contributed by atoms with Gasteiger partial charge in [0.2, 0.25) is 5.91 Å². The van der Waals surface area contributed by atoms with E-state index >= 15 is 0 Å². The van der Waals surface area contributed by atoms with Crippen molar-refractivity contribution in [1.29, 1.82) is 0 Å². The lowest BCUT2D eigenvalue weighted by atomic mass is 10.00. The van der Waals surface area contributed by atoms with Gasteiger partial charge in [-0.15, -0.1) is 0 Å². The fourth-order valence-electron chi connectivity index (χ4n) is 7.46. The number of carbonyl (C=O) groups is 1. The van der Waals surface area contributed by atoms with Crippen LogP contribution in [0.2, 0.25) is 0 Å². The molecule has 0 aromatic rings. The summed E-state index contributed by atoms with van der Waals surface area (Å²) in [5, 5.41) is 43.7. The molecule has 5 N–H and O–H groups in total. The third-order valence-electron chi connectivity index (χ3n) is 11.2. The van der Waals surface area contributed by atoms with Crippen LogP contribution in [0.4, 0.5) is 0 Å². The van der Waals surface area contributed by atoms with Crippen LogP contribution >= 0.6 is 0 Å². The zero-order valence-electron chi connectivity index (χ0n) is 35.5. The molecule has 0 aliphatic carbocycles. The molecule has 0 saturated carbocycles. The zero-order chi connectivity index (χ0) is 38.9. The molecule has 0 aliphatic rings. The highest BCUT2D eigenvalue weighted by atomic mass is 16.3. The zero-order valence-corrected chi connectivity index (χ0v) is 35.5. The Kier molecular flexibility index (Phi) is 41.4. The predicted octanol–water partition coefficient (Wildman–Crippen LogP) is 12.6. The van der Waals surface area contributed by atoms with Crippen molar-refractivity contribution in [1.82, 2.24) is 5.32 Å². The number of allylic oxidation sites excluding steroid dienone is 2. The number of hydrogen-bond acceptors (Lipinski definition) is 5. The second-order valence-corrected chi connectivity index (χ2v) is 16.5. The molecule has 0 rings (SSSR count). The highest BCUT2D eigenvalue weighted by molar-refractivity contribution is 5.80. The highest BCUT2D eigenvalue weighted by Crippen LogP contribution is 2.17. The van der Waals surface area contributed by atoms with Gasteiger partial charge in [-0.1, -0.05) is 225 Å². The van der Waals surface area contributed by atoms with Crippen LogP contribution in [0.3, 0.4) is 0 Å². The van der Waals surface area contributed by atoms with Crippen molar-refractivity contribution in [3.8, 4) is 0 Å². The van der Waals surface area contributed by atoms with Crippen LogP contribution in [-0.2, 0) is 4.79 Å². The molecule has 0 bridgehead atoms. The van der Waals surface area contributed by atoms with E-state index in [4.69, 9.17) is 0 Å². The van der Waals surface area contributed by atoms with Gasteiger partial charge in [-0.25, -0.2) is 0 Å². The van der Waals surface area contributed by atoms with Gasteiger partial charge < -0.3 is 25.7 Å². The molecule has 53 heavy (non-hydrogen) atoms. The molecule has 0 spiro atoms. The smallest absolute Gasteiger partial charge is 0.249 e. The minimum atomic E-state index is -1.28. The Hall–Kier alpha value is -0.950. The quantitative estimate of drug-likeness (QED) is 0.0315. The van der Waals surface area contributed by atoms with Gasteiger partial charge in [0, 0.05) is 0 Å². The first kappa shape index (κ1) is 52.0. The van der Waals surface area contributed by atoms with Crippen molar-refractivity contribution < 1.29 is 25.2 Å². The molecule has 6 nitrogen and oxygen atoms in total. The van der Waals surface area contributed by atoms with Gasteiger partial charge in [0.05, 0.1) is 18.8 Å². The molecular weight excluding hydrogens is 659 g/mol. The number of hydrogen-bond donors (Lipinski definition) is 5. The van der Waals surface area contributed by atoms with Crippen LogP contribution in [0.1, 0.15) is 251 Å². The number of carbonyl (C=O) groups excluding carboxylic acids is 1. The highest BCUT2D eigenvalue weighted by Gasteiger charge is 2.28. The number of nitrogens with one attached hydrogen (secondary N) is 1. The second kappa shape index (κ2) is 42.2. The van der Waals surface area contributed by atoms with Crippen LogP contribution < -0.4 is 5.32 Å². The maximum absolute atomic E-state index is 12.5. The first-order valence-electron chi connectivity index (χ1n) is 23.6. The molecule has 6 heteroatoms. The van der Waals surface area contributed by atoms with E-state index in [1.54, 1.807) is 0 Å². The Balaban J connectivity index is 3.72. The summed E-state index contributed by atoms with van der Waals surface area (Å²) in [6, 6.07) is -0.997. The largest absolute Gasteiger partial charge is 0.394 e. The SMILES string of the molecule is CCCCCCCCCCCCCCCCC/C=C/CCCC(O)C(O)C(CO)NC(=O)C(O)CCCCCCCCCCCCCCCCCCC. The monoisotopic (exact) mass is 752 g/mol. The summed E-state index contributed by atoms with van der Waals surface area (Å²) in [4.78, 5) is 12.5. The topological polar surface area (TPSA) is 110 Å². The normalized spacial score (nSPS) is 14.2. The first-order chi connectivity index (χ1) is 26.0. The van der Waals surface area contributed by atoms with E-state index in [1.165, 1.54) is 186 Å².